The van der Waals surface area contributed by atoms with Gasteiger partial charge >= 0.3 is 6.03 Å². The van der Waals surface area contributed by atoms with Crippen molar-refractivity contribution in [3.63, 3.8) is 0 Å². The number of primary amides is 1. The fraction of sp³-hybridized carbons (Fsp3) is 0.350. The Morgan fingerprint density at radius 1 is 1.36 bits per heavy atom. The molecule has 2 unspecified atom stereocenters. The highest BCUT2D eigenvalue weighted by molar-refractivity contribution is 5.85. The number of nitrogens with zero attached hydrogens (tertiary/aromatic N) is 2. The molecular weight excluding hydrogens is 378 g/mol. The van der Waals surface area contributed by atoms with Crippen molar-refractivity contribution < 1.29 is 9.59 Å². The SMILES string of the molecule is Cc1cccc(C(CC(=O)N2CCNCC2c2cccnc2)NC(N)=O)c1.Cl. The highest BCUT2D eigenvalue weighted by Crippen LogP contribution is 2.25. The van der Waals surface area contributed by atoms with E-state index in [1.807, 2.05) is 48.2 Å². The van der Waals surface area contributed by atoms with E-state index in [0.29, 0.717) is 13.1 Å². The summed E-state index contributed by atoms with van der Waals surface area (Å²) < 4.78 is 0. The first kappa shape index (κ1) is 21.7. The van der Waals surface area contributed by atoms with Gasteiger partial charge in [0.25, 0.3) is 0 Å². The van der Waals surface area contributed by atoms with Crippen LogP contribution in [0.4, 0.5) is 4.79 Å². The quantitative estimate of drug-likeness (QED) is 0.711. The molecule has 7 nitrogen and oxygen atoms in total. The Morgan fingerprint density at radius 2 is 2.18 bits per heavy atom. The summed E-state index contributed by atoms with van der Waals surface area (Å²) >= 11 is 0. The van der Waals surface area contributed by atoms with Gasteiger partial charge in [0.2, 0.25) is 5.91 Å². The smallest absolute Gasteiger partial charge is 0.312 e. The number of benzene rings is 1. The number of nitrogens with two attached hydrogens (primary N) is 1. The van der Waals surface area contributed by atoms with Crippen LogP contribution in [0.5, 0.6) is 0 Å². The molecule has 2 atom stereocenters. The lowest BCUT2D eigenvalue weighted by Gasteiger charge is -2.37. The molecule has 0 spiro atoms. The van der Waals surface area contributed by atoms with Crippen molar-refractivity contribution in [1.82, 2.24) is 20.5 Å². The van der Waals surface area contributed by atoms with Crippen molar-refractivity contribution in [2.24, 2.45) is 5.73 Å². The lowest BCUT2D eigenvalue weighted by molar-refractivity contribution is -0.135. The standard InChI is InChI=1S/C20H25N5O2.ClH/c1-14-4-2-5-15(10-14)17(24-20(21)27)11-19(26)25-9-8-23-13-18(25)16-6-3-7-22-12-16;/h2-7,10,12,17-18,23H,8-9,11,13H2,1H3,(H3,21,24,27);1H. The summed E-state index contributed by atoms with van der Waals surface area (Å²) in [6, 6.07) is 10.4. The maximum Gasteiger partial charge on any atom is 0.312 e. The van der Waals surface area contributed by atoms with Gasteiger partial charge < -0.3 is 21.3 Å². The number of halogens is 1. The molecule has 1 aromatic heterocycles. The van der Waals surface area contributed by atoms with Gasteiger partial charge in [0, 0.05) is 32.0 Å². The number of aromatic nitrogens is 1. The predicted octanol–water partition coefficient (Wildman–Crippen LogP) is 2.08. The van der Waals surface area contributed by atoms with Crippen molar-refractivity contribution in [2.45, 2.75) is 25.4 Å². The zero-order chi connectivity index (χ0) is 19.2. The Hall–Kier alpha value is -2.64. The molecule has 4 N–H and O–H groups in total. The summed E-state index contributed by atoms with van der Waals surface area (Å²) in [4.78, 5) is 30.6. The second-order valence-corrected chi connectivity index (χ2v) is 6.77. The number of rotatable bonds is 5. The lowest BCUT2D eigenvalue weighted by Crippen LogP contribution is -2.49. The number of hydrogen-bond donors (Lipinski definition) is 3. The number of hydrogen-bond acceptors (Lipinski definition) is 4. The van der Waals surface area contributed by atoms with Crippen LogP contribution >= 0.6 is 12.4 Å². The van der Waals surface area contributed by atoms with Gasteiger partial charge in [-0.3, -0.25) is 9.78 Å². The average molecular weight is 404 g/mol. The molecule has 0 bridgehead atoms. The first-order valence-electron chi connectivity index (χ1n) is 9.07. The zero-order valence-electron chi connectivity index (χ0n) is 15.8. The van der Waals surface area contributed by atoms with E-state index in [9.17, 15) is 9.59 Å². The van der Waals surface area contributed by atoms with E-state index < -0.39 is 12.1 Å². The van der Waals surface area contributed by atoms with E-state index >= 15 is 0 Å². The number of pyridine rings is 1. The van der Waals surface area contributed by atoms with Crippen LogP contribution in [-0.4, -0.2) is 41.5 Å². The molecular formula is C20H26ClN5O2. The highest BCUT2D eigenvalue weighted by atomic mass is 35.5. The van der Waals surface area contributed by atoms with Gasteiger partial charge in [-0.2, -0.15) is 0 Å². The third kappa shape index (κ3) is 5.43. The average Bonchev–Trinajstić information content (AvgIpc) is 2.68. The summed E-state index contributed by atoms with van der Waals surface area (Å²) in [6.45, 7) is 3.99. The van der Waals surface area contributed by atoms with Crippen molar-refractivity contribution in [1.29, 1.82) is 0 Å². The molecule has 0 saturated carbocycles. The minimum Gasteiger partial charge on any atom is -0.352 e. The first-order chi connectivity index (χ1) is 13.0. The Kier molecular flexibility index (Phi) is 7.78. The summed E-state index contributed by atoms with van der Waals surface area (Å²) in [5.74, 6) is -0.0226. The van der Waals surface area contributed by atoms with Gasteiger partial charge in [0.05, 0.1) is 18.5 Å². The van der Waals surface area contributed by atoms with Gasteiger partial charge in [0.15, 0.2) is 0 Å². The number of nitrogens with one attached hydrogen (secondary N) is 2. The third-order valence-electron chi connectivity index (χ3n) is 4.77. The van der Waals surface area contributed by atoms with Crippen molar-refractivity contribution in [3.8, 4) is 0 Å². The summed E-state index contributed by atoms with van der Waals surface area (Å²) in [5.41, 5.74) is 8.27. The number of carbonyl (C=O) groups is 2. The molecule has 150 valence electrons. The fourth-order valence-electron chi connectivity index (χ4n) is 3.48. The molecule has 1 aliphatic heterocycles. The Labute approximate surface area is 171 Å². The molecule has 0 aliphatic carbocycles. The van der Waals surface area contributed by atoms with Gasteiger partial charge in [-0.15, -0.1) is 12.4 Å². The number of urea groups is 1. The topological polar surface area (TPSA) is 100 Å². The van der Waals surface area contributed by atoms with E-state index in [0.717, 1.165) is 23.2 Å². The Balaban J connectivity index is 0.00000280. The molecule has 2 aromatic rings. The Morgan fingerprint density at radius 3 is 2.86 bits per heavy atom. The number of piperazine rings is 1. The van der Waals surface area contributed by atoms with Crippen molar-refractivity contribution in [2.75, 3.05) is 19.6 Å². The van der Waals surface area contributed by atoms with Crippen LogP contribution in [0.25, 0.3) is 0 Å². The van der Waals surface area contributed by atoms with Gasteiger partial charge in [-0.25, -0.2) is 4.79 Å². The predicted molar refractivity (Wildman–Crippen MR) is 110 cm³/mol. The van der Waals surface area contributed by atoms with E-state index in [1.165, 1.54) is 0 Å². The summed E-state index contributed by atoms with van der Waals surface area (Å²) in [7, 11) is 0. The largest absolute Gasteiger partial charge is 0.352 e. The second kappa shape index (κ2) is 10.1. The molecule has 1 saturated heterocycles. The van der Waals surface area contributed by atoms with Crippen LogP contribution in [0.1, 0.15) is 35.2 Å². The molecule has 28 heavy (non-hydrogen) atoms. The molecule has 8 heteroatoms. The van der Waals surface area contributed by atoms with Crippen LogP contribution in [0.15, 0.2) is 48.8 Å². The van der Waals surface area contributed by atoms with Crippen LogP contribution in [0.2, 0.25) is 0 Å². The van der Waals surface area contributed by atoms with Crippen LogP contribution < -0.4 is 16.4 Å². The molecule has 3 rings (SSSR count). The van der Waals surface area contributed by atoms with Gasteiger partial charge in [0.1, 0.15) is 0 Å². The highest BCUT2D eigenvalue weighted by Gasteiger charge is 2.30. The molecule has 0 radical (unpaired) electrons. The zero-order valence-corrected chi connectivity index (χ0v) is 16.6. The number of aryl methyl sites for hydroxylation is 1. The maximum absolute atomic E-state index is 13.1. The molecule has 3 amide bonds. The van der Waals surface area contributed by atoms with Crippen molar-refractivity contribution >= 4 is 24.3 Å². The van der Waals surface area contributed by atoms with Gasteiger partial charge in [-0.05, 0) is 24.1 Å². The van der Waals surface area contributed by atoms with E-state index in [-0.39, 0.29) is 30.8 Å². The lowest BCUT2D eigenvalue weighted by atomic mass is 9.99. The van der Waals surface area contributed by atoms with Crippen LogP contribution in [0, 0.1) is 6.92 Å². The van der Waals surface area contributed by atoms with E-state index in [1.54, 1.807) is 12.4 Å². The molecule has 1 aliphatic rings. The summed E-state index contributed by atoms with van der Waals surface area (Å²) in [6.07, 6.45) is 3.66. The molecule has 1 aromatic carbocycles. The van der Waals surface area contributed by atoms with E-state index in [2.05, 4.69) is 15.6 Å². The number of amides is 3. The summed E-state index contributed by atoms with van der Waals surface area (Å²) in [5, 5.41) is 6.04. The van der Waals surface area contributed by atoms with Crippen molar-refractivity contribution in [3.05, 3.63) is 65.5 Å². The maximum atomic E-state index is 13.1. The van der Waals surface area contributed by atoms with Crippen LogP contribution in [-0.2, 0) is 4.79 Å². The van der Waals surface area contributed by atoms with Gasteiger partial charge in [-0.1, -0.05) is 35.9 Å². The minimum absolute atomic E-state index is 0. The monoisotopic (exact) mass is 403 g/mol. The fourth-order valence-corrected chi connectivity index (χ4v) is 3.48. The second-order valence-electron chi connectivity index (χ2n) is 6.77. The third-order valence-corrected chi connectivity index (χ3v) is 4.77. The normalized spacial score (nSPS) is 17.3. The first-order valence-corrected chi connectivity index (χ1v) is 9.07. The van der Waals surface area contributed by atoms with E-state index in [4.69, 9.17) is 5.73 Å². The Bertz CT molecular complexity index is 802. The van der Waals surface area contributed by atoms with Crippen LogP contribution in [0.3, 0.4) is 0 Å². The molecule has 1 fully saturated rings. The molecule has 2 heterocycles. The minimum atomic E-state index is -0.640. The number of carbonyl (C=O) groups excluding carboxylic acids is 2.